The van der Waals surface area contributed by atoms with Crippen LogP contribution in [0.5, 0.6) is 0 Å². The van der Waals surface area contributed by atoms with Crippen LogP contribution in [0.4, 0.5) is 4.70 Å². The molecule has 37 valence electrons. The van der Waals surface area contributed by atoms with Gasteiger partial charge >= 0.3 is 38.7 Å². The Bertz CT molecular complexity index is 42.3. The van der Waals surface area contributed by atoms with Crippen LogP contribution in [0.1, 0.15) is 1.43 Å². The van der Waals surface area contributed by atoms with Gasteiger partial charge < -0.3 is 11.0 Å². The van der Waals surface area contributed by atoms with Crippen molar-refractivity contribution < 1.29 is 85.3 Å². The first-order valence-corrected chi connectivity index (χ1v) is 1.95. The minimum Gasteiger partial charge on any atom is -1.00 e. The SMILES string of the molecule is F.O=[Si](O)O.[H-].[La].[Na+]. The molecule has 0 amide bonds. The first-order valence-electron chi connectivity index (χ1n) is 0.651. The van der Waals surface area contributed by atoms with Crippen LogP contribution in [0, 0.1) is 35.6 Å². The van der Waals surface area contributed by atoms with Crippen LogP contribution in [0.15, 0.2) is 0 Å². The molecule has 0 aliphatic rings. The maximum absolute atomic E-state index is 8.74. The largest absolute Gasteiger partial charge is 1.00 e. The summed E-state index contributed by atoms with van der Waals surface area (Å²) in [7, 11) is -3.13. The van der Waals surface area contributed by atoms with Crippen molar-refractivity contribution in [2.45, 2.75) is 0 Å². The minimum absolute atomic E-state index is 0. The predicted molar refractivity (Wildman–Crippen MR) is 14.5 cm³/mol. The molecule has 0 saturated heterocycles. The van der Waals surface area contributed by atoms with Gasteiger partial charge in [0.15, 0.2) is 0 Å². The van der Waals surface area contributed by atoms with E-state index < -0.39 is 9.17 Å². The van der Waals surface area contributed by atoms with Crippen LogP contribution in [-0.2, 0) is 4.46 Å². The molecule has 0 aromatic rings. The normalized spacial score (nSPS) is 3.43. The van der Waals surface area contributed by atoms with Crippen LogP contribution in [0.3, 0.4) is 0 Å². The zero-order valence-electron chi connectivity index (χ0n) is 4.79. The maximum atomic E-state index is 8.74. The summed E-state index contributed by atoms with van der Waals surface area (Å²) in [6.45, 7) is 0. The zero-order valence-corrected chi connectivity index (χ0v) is 10.4. The van der Waals surface area contributed by atoms with E-state index in [1.807, 2.05) is 0 Å². The first-order chi connectivity index (χ1) is 1.73. The number of halogens is 1. The Hall–Kier alpha value is 1.74. The van der Waals surface area contributed by atoms with E-state index in [9.17, 15) is 0 Å². The fourth-order valence-corrected chi connectivity index (χ4v) is 0. The van der Waals surface area contributed by atoms with E-state index in [1.54, 1.807) is 0 Å². The average molecular weight is 261 g/mol. The number of hydrogen-bond acceptors (Lipinski definition) is 1. The zero-order chi connectivity index (χ0) is 3.58. The molecule has 0 aliphatic carbocycles. The maximum Gasteiger partial charge on any atom is 1.00 e. The molecule has 0 atom stereocenters. The molecule has 0 fully saturated rings. The van der Waals surface area contributed by atoms with Crippen LogP contribution in [0.2, 0.25) is 0 Å². The molecule has 3 nitrogen and oxygen atoms in total. The second kappa shape index (κ2) is 15.6. The topological polar surface area (TPSA) is 57.5 Å². The summed E-state index contributed by atoms with van der Waals surface area (Å²) < 4.78 is 8.74. The molecule has 1 radical (unpaired) electrons. The van der Waals surface area contributed by atoms with Crippen LogP contribution < -0.4 is 29.6 Å². The first kappa shape index (κ1) is 23.3. The van der Waals surface area contributed by atoms with Crippen molar-refractivity contribution in [1.82, 2.24) is 0 Å². The summed E-state index contributed by atoms with van der Waals surface area (Å²) in [6.07, 6.45) is 0. The second-order valence-corrected chi connectivity index (χ2v) is 0.848. The second-order valence-electron chi connectivity index (χ2n) is 0.283. The molecule has 0 aromatic heterocycles. The van der Waals surface area contributed by atoms with Crippen LogP contribution in [-0.4, -0.2) is 18.8 Å². The minimum atomic E-state index is -3.13. The van der Waals surface area contributed by atoms with Gasteiger partial charge in [-0.05, 0) is 0 Å². The summed E-state index contributed by atoms with van der Waals surface area (Å²) in [5.41, 5.74) is 0. The Labute approximate surface area is 93.1 Å². The third-order valence-corrected chi connectivity index (χ3v) is 0. The molecular formula is H4FLaNaO3Si. The average Bonchev–Trinajstić information content (AvgIpc) is 0.811. The van der Waals surface area contributed by atoms with E-state index in [0.29, 0.717) is 0 Å². The van der Waals surface area contributed by atoms with E-state index in [2.05, 4.69) is 0 Å². The molecule has 0 aromatic carbocycles. The summed E-state index contributed by atoms with van der Waals surface area (Å²) in [5.74, 6) is 0. The molecule has 7 heteroatoms. The van der Waals surface area contributed by atoms with Crippen molar-refractivity contribution in [2.24, 2.45) is 0 Å². The van der Waals surface area contributed by atoms with Gasteiger partial charge in [0.25, 0.3) is 0 Å². The standard InChI is InChI=1S/FH.La.Na.H2O3Si.H/c;;;1-4(2)3;/h1H;;;1-2H;/q;;+1;;-1. The van der Waals surface area contributed by atoms with Gasteiger partial charge in [0.05, 0.1) is 0 Å². The van der Waals surface area contributed by atoms with E-state index in [-0.39, 0.29) is 71.3 Å². The van der Waals surface area contributed by atoms with E-state index in [0.717, 1.165) is 0 Å². The smallest absolute Gasteiger partial charge is 1.00 e. The Morgan fingerprint density at radius 2 is 1.43 bits per heavy atom. The van der Waals surface area contributed by atoms with Gasteiger partial charge in [-0.15, -0.1) is 0 Å². The fourth-order valence-electron chi connectivity index (χ4n) is 0. The fraction of sp³-hybridized carbons (Fsp3) is 0. The van der Waals surface area contributed by atoms with Gasteiger partial charge in [0.1, 0.15) is 0 Å². The Kier molecular flexibility index (Phi) is 52.1. The third-order valence-electron chi connectivity index (χ3n) is 0. The predicted octanol–water partition coefficient (Wildman–Crippen LogP) is -4.34. The van der Waals surface area contributed by atoms with Crippen molar-refractivity contribution >= 4 is 9.17 Å². The molecule has 7 heavy (non-hydrogen) atoms. The van der Waals surface area contributed by atoms with Crippen molar-refractivity contribution in [1.29, 1.82) is 0 Å². The molecule has 0 rings (SSSR count). The molecular weight excluding hydrogens is 257 g/mol. The van der Waals surface area contributed by atoms with Gasteiger partial charge in [-0.1, -0.05) is 0 Å². The Morgan fingerprint density at radius 3 is 1.43 bits per heavy atom. The van der Waals surface area contributed by atoms with E-state index in [4.69, 9.17) is 14.1 Å². The summed E-state index contributed by atoms with van der Waals surface area (Å²) in [4.78, 5) is 14.3. The summed E-state index contributed by atoms with van der Waals surface area (Å²) in [6, 6.07) is 0. The summed E-state index contributed by atoms with van der Waals surface area (Å²) in [5, 5.41) is 0. The Morgan fingerprint density at radius 1 is 1.43 bits per heavy atom. The molecule has 0 bridgehead atoms. The Balaban J connectivity index is -0.00000000750. The molecule has 0 saturated carbocycles. The van der Waals surface area contributed by atoms with Crippen LogP contribution in [0.25, 0.3) is 0 Å². The van der Waals surface area contributed by atoms with E-state index >= 15 is 0 Å². The van der Waals surface area contributed by atoms with Gasteiger partial charge in [-0.2, -0.15) is 0 Å². The molecule has 0 aliphatic heterocycles. The van der Waals surface area contributed by atoms with Gasteiger partial charge in [-0.25, -0.2) is 0 Å². The van der Waals surface area contributed by atoms with Gasteiger partial charge in [0.2, 0.25) is 0 Å². The quantitative estimate of drug-likeness (QED) is 0.433. The monoisotopic (exact) mass is 261 g/mol. The number of rotatable bonds is 0. The van der Waals surface area contributed by atoms with Crippen molar-refractivity contribution in [3.63, 3.8) is 0 Å². The number of hydrogen-bond donors (Lipinski definition) is 2. The molecule has 0 unspecified atom stereocenters. The molecule has 2 N–H and O–H groups in total. The summed E-state index contributed by atoms with van der Waals surface area (Å²) >= 11 is 0. The van der Waals surface area contributed by atoms with Gasteiger partial charge in [0, 0.05) is 35.6 Å². The third kappa shape index (κ3) is 84.1. The van der Waals surface area contributed by atoms with Crippen molar-refractivity contribution in [2.75, 3.05) is 0 Å². The van der Waals surface area contributed by atoms with E-state index in [1.165, 1.54) is 0 Å². The molecule has 0 heterocycles. The van der Waals surface area contributed by atoms with Crippen LogP contribution >= 0.6 is 0 Å². The molecule has 0 spiro atoms. The van der Waals surface area contributed by atoms with Crippen molar-refractivity contribution in [3.05, 3.63) is 0 Å². The van der Waals surface area contributed by atoms with Gasteiger partial charge in [-0.3, -0.25) is 9.17 Å². The van der Waals surface area contributed by atoms with Crippen molar-refractivity contribution in [3.8, 4) is 0 Å².